The molecule has 5 nitrogen and oxygen atoms in total. The molecule has 1 heterocycles. The van der Waals surface area contributed by atoms with Crippen LogP contribution >= 0.6 is 0 Å². The van der Waals surface area contributed by atoms with Crippen LogP contribution in [-0.2, 0) is 4.79 Å². The Balaban J connectivity index is 2.31. The van der Waals surface area contributed by atoms with Crippen molar-refractivity contribution in [1.82, 2.24) is 5.01 Å². The summed E-state index contributed by atoms with van der Waals surface area (Å²) >= 11 is 0. The highest BCUT2D eigenvalue weighted by Gasteiger charge is 2.29. The van der Waals surface area contributed by atoms with E-state index in [4.69, 9.17) is 5.73 Å². The third-order valence-corrected chi connectivity index (χ3v) is 2.50. The van der Waals surface area contributed by atoms with E-state index < -0.39 is 6.03 Å². The Morgan fingerprint density at radius 2 is 2.00 bits per heavy atom. The lowest BCUT2D eigenvalue weighted by Crippen LogP contribution is -2.50. The van der Waals surface area contributed by atoms with E-state index in [0.717, 1.165) is 6.42 Å². The van der Waals surface area contributed by atoms with E-state index in [1.54, 1.807) is 24.3 Å². The average Bonchev–Trinajstić information content (AvgIpc) is 2.66. The van der Waals surface area contributed by atoms with Gasteiger partial charge in [0, 0.05) is 13.0 Å². The first kappa shape index (κ1) is 10.5. The highest BCUT2D eigenvalue weighted by Crippen LogP contribution is 2.20. The van der Waals surface area contributed by atoms with Gasteiger partial charge in [-0.3, -0.25) is 4.79 Å². The Morgan fingerprint density at radius 3 is 2.50 bits per heavy atom. The summed E-state index contributed by atoms with van der Waals surface area (Å²) in [5, 5.41) is 2.63. The molecule has 0 saturated carbocycles. The molecule has 0 aromatic heterocycles. The smallest absolute Gasteiger partial charge is 0.338 e. The maximum Gasteiger partial charge on any atom is 0.338 e. The zero-order valence-corrected chi connectivity index (χ0v) is 8.80. The van der Waals surface area contributed by atoms with Gasteiger partial charge in [-0.25, -0.2) is 14.8 Å². The van der Waals surface area contributed by atoms with Gasteiger partial charge in [0.2, 0.25) is 5.91 Å². The van der Waals surface area contributed by atoms with Crippen LogP contribution in [0, 0.1) is 0 Å². The summed E-state index contributed by atoms with van der Waals surface area (Å²) in [6.07, 6.45) is 1.23. The number of hydrazine groups is 1. The van der Waals surface area contributed by atoms with Crippen LogP contribution in [0.25, 0.3) is 0 Å². The number of anilines is 1. The monoisotopic (exact) mass is 219 g/mol. The average molecular weight is 219 g/mol. The summed E-state index contributed by atoms with van der Waals surface area (Å²) in [5.74, 6) is -0.0670. The van der Waals surface area contributed by atoms with Crippen molar-refractivity contribution in [3.05, 3.63) is 30.3 Å². The molecule has 2 N–H and O–H groups in total. The number of para-hydroxylation sites is 1. The molecule has 16 heavy (non-hydrogen) atoms. The zero-order valence-electron chi connectivity index (χ0n) is 8.80. The first-order valence-corrected chi connectivity index (χ1v) is 5.15. The minimum Gasteiger partial charge on any atom is -0.350 e. The van der Waals surface area contributed by atoms with Crippen LogP contribution in [0.2, 0.25) is 0 Å². The maximum atomic E-state index is 11.6. The Labute approximate surface area is 93.4 Å². The number of benzene rings is 1. The summed E-state index contributed by atoms with van der Waals surface area (Å²) in [5.41, 5.74) is 5.92. The highest BCUT2D eigenvalue weighted by atomic mass is 16.2. The molecule has 0 unspecified atom stereocenters. The molecule has 1 fully saturated rings. The topological polar surface area (TPSA) is 66.6 Å². The van der Waals surface area contributed by atoms with Crippen LogP contribution in [-0.4, -0.2) is 23.5 Å². The Morgan fingerprint density at radius 1 is 1.31 bits per heavy atom. The first-order chi connectivity index (χ1) is 7.70. The van der Waals surface area contributed by atoms with Crippen molar-refractivity contribution in [3.8, 4) is 0 Å². The Hall–Kier alpha value is -2.04. The number of amides is 3. The van der Waals surface area contributed by atoms with Gasteiger partial charge in [-0.15, -0.1) is 0 Å². The summed E-state index contributed by atoms with van der Waals surface area (Å²) in [6.45, 7) is 0.538. The van der Waals surface area contributed by atoms with E-state index in [0.29, 0.717) is 18.7 Å². The van der Waals surface area contributed by atoms with Gasteiger partial charge in [-0.2, -0.15) is 0 Å². The van der Waals surface area contributed by atoms with Crippen LogP contribution in [0.1, 0.15) is 12.8 Å². The van der Waals surface area contributed by atoms with Gasteiger partial charge >= 0.3 is 6.03 Å². The molecule has 1 aromatic carbocycles. The van der Waals surface area contributed by atoms with E-state index >= 15 is 0 Å². The van der Waals surface area contributed by atoms with E-state index in [1.807, 2.05) is 6.07 Å². The van der Waals surface area contributed by atoms with E-state index in [-0.39, 0.29) is 5.91 Å². The fourth-order valence-corrected chi connectivity index (χ4v) is 1.80. The molecule has 1 aromatic rings. The molecule has 84 valence electrons. The van der Waals surface area contributed by atoms with Crippen LogP contribution in [0.4, 0.5) is 10.5 Å². The lowest BCUT2D eigenvalue weighted by atomic mass is 10.3. The second-order valence-electron chi connectivity index (χ2n) is 3.61. The largest absolute Gasteiger partial charge is 0.350 e. The van der Waals surface area contributed by atoms with Crippen LogP contribution in [0.15, 0.2) is 30.3 Å². The molecule has 1 saturated heterocycles. The number of nitrogens with zero attached hydrogens (tertiary/aromatic N) is 2. The second-order valence-corrected chi connectivity index (χ2v) is 3.61. The second kappa shape index (κ2) is 4.22. The maximum absolute atomic E-state index is 11.6. The van der Waals surface area contributed by atoms with Crippen molar-refractivity contribution in [2.24, 2.45) is 5.73 Å². The standard InChI is InChI=1S/C11H13N3O2/c12-11(16)14(9-5-2-1-3-6-9)13-8-4-7-10(13)15/h1-3,5-6H,4,7-8H2,(H2,12,16). The molecule has 5 heteroatoms. The Bertz CT molecular complexity index is 405. The predicted molar refractivity (Wildman–Crippen MR) is 59.5 cm³/mol. The highest BCUT2D eigenvalue weighted by molar-refractivity contribution is 5.94. The lowest BCUT2D eigenvalue weighted by Gasteiger charge is -2.29. The summed E-state index contributed by atoms with van der Waals surface area (Å²) in [6, 6.07) is 8.29. The first-order valence-electron chi connectivity index (χ1n) is 5.15. The van der Waals surface area contributed by atoms with Crippen LogP contribution in [0.3, 0.4) is 0 Å². The van der Waals surface area contributed by atoms with Crippen molar-refractivity contribution >= 4 is 17.6 Å². The number of hydrogen-bond donors (Lipinski definition) is 1. The number of rotatable bonds is 2. The zero-order chi connectivity index (χ0) is 11.5. The molecule has 0 spiro atoms. The van der Waals surface area contributed by atoms with E-state index in [1.165, 1.54) is 10.0 Å². The number of nitrogens with two attached hydrogens (primary N) is 1. The van der Waals surface area contributed by atoms with Crippen LogP contribution in [0.5, 0.6) is 0 Å². The van der Waals surface area contributed by atoms with Crippen LogP contribution < -0.4 is 10.7 Å². The molecule has 3 amide bonds. The molecule has 0 radical (unpaired) electrons. The van der Waals surface area contributed by atoms with Crippen molar-refractivity contribution in [1.29, 1.82) is 0 Å². The van der Waals surface area contributed by atoms with Gasteiger partial charge in [-0.05, 0) is 18.6 Å². The molecule has 1 aliphatic heterocycles. The van der Waals surface area contributed by atoms with E-state index in [9.17, 15) is 9.59 Å². The van der Waals surface area contributed by atoms with E-state index in [2.05, 4.69) is 0 Å². The molecule has 0 atom stereocenters. The molecule has 2 rings (SSSR count). The van der Waals surface area contributed by atoms with Gasteiger partial charge in [0.05, 0.1) is 5.69 Å². The molecule has 0 bridgehead atoms. The van der Waals surface area contributed by atoms with Gasteiger partial charge in [0.15, 0.2) is 0 Å². The molecular weight excluding hydrogens is 206 g/mol. The molecule has 1 aliphatic rings. The summed E-state index contributed by atoms with van der Waals surface area (Å²) in [7, 11) is 0. The number of urea groups is 1. The number of primary amides is 1. The molecule has 0 aliphatic carbocycles. The number of carbonyl (C=O) groups is 2. The summed E-state index contributed by atoms with van der Waals surface area (Å²) in [4.78, 5) is 23.0. The quantitative estimate of drug-likeness (QED) is 0.809. The third-order valence-electron chi connectivity index (χ3n) is 2.50. The van der Waals surface area contributed by atoms with Crippen molar-refractivity contribution in [3.63, 3.8) is 0 Å². The fraction of sp³-hybridized carbons (Fsp3) is 0.273. The van der Waals surface area contributed by atoms with Crippen molar-refractivity contribution in [2.45, 2.75) is 12.8 Å². The van der Waals surface area contributed by atoms with Gasteiger partial charge in [0.25, 0.3) is 0 Å². The van der Waals surface area contributed by atoms with Crippen molar-refractivity contribution < 1.29 is 9.59 Å². The molecular formula is C11H13N3O2. The normalized spacial score (nSPS) is 15.2. The Kier molecular flexibility index (Phi) is 2.76. The minimum absolute atomic E-state index is 0.0670. The number of carbonyl (C=O) groups excluding carboxylic acids is 2. The van der Waals surface area contributed by atoms with Crippen molar-refractivity contribution in [2.75, 3.05) is 11.6 Å². The minimum atomic E-state index is -0.638. The summed E-state index contributed by atoms with van der Waals surface area (Å²) < 4.78 is 0. The third kappa shape index (κ3) is 1.84. The fourth-order valence-electron chi connectivity index (χ4n) is 1.80. The SMILES string of the molecule is NC(=O)N(c1ccccc1)N1CCCC1=O. The van der Waals surface area contributed by atoms with Gasteiger partial charge < -0.3 is 5.73 Å². The lowest BCUT2D eigenvalue weighted by molar-refractivity contribution is -0.127. The predicted octanol–water partition coefficient (Wildman–Crippen LogP) is 1.11. The van der Waals surface area contributed by atoms with Gasteiger partial charge in [0.1, 0.15) is 0 Å². The van der Waals surface area contributed by atoms with Gasteiger partial charge in [-0.1, -0.05) is 18.2 Å². The number of hydrogen-bond acceptors (Lipinski definition) is 2.